The van der Waals surface area contributed by atoms with Crippen LogP contribution >= 0.6 is 0 Å². The lowest BCUT2D eigenvalue weighted by atomic mass is 9.96. The first kappa shape index (κ1) is 11.2. The zero-order valence-corrected chi connectivity index (χ0v) is 9.26. The maximum absolute atomic E-state index is 11.0. The minimum atomic E-state index is -0.177. The van der Waals surface area contributed by atoms with E-state index < -0.39 is 0 Å². The van der Waals surface area contributed by atoms with Crippen molar-refractivity contribution in [1.29, 1.82) is 0 Å². The van der Waals surface area contributed by atoms with Crippen LogP contribution in [0, 0.1) is 5.92 Å². The molecule has 0 aromatic heterocycles. The first-order valence-corrected chi connectivity index (χ1v) is 5.63. The van der Waals surface area contributed by atoms with Gasteiger partial charge in [-0.25, -0.2) is 4.99 Å². The molecule has 0 aromatic rings. The quantitative estimate of drug-likeness (QED) is 0.638. The van der Waals surface area contributed by atoms with Crippen molar-refractivity contribution in [3.05, 3.63) is 0 Å². The molecule has 6 heteroatoms. The lowest BCUT2D eigenvalue weighted by Crippen LogP contribution is -2.42. The van der Waals surface area contributed by atoms with Gasteiger partial charge in [-0.1, -0.05) is 0 Å². The number of nitrogens with two attached hydrogens (primary N) is 2. The van der Waals surface area contributed by atoms with Crippen molar-refractivity contribution >= 4 is 11.9 Å². The van der Waals surface area contributed by atoms with E-state index in [0.717, 1.165) is 32.5 Å². The van der Waals surface area contributed by atoms with Gasteiger partial charge in [0.25, 0.3) is 6.02 Å². The summed E-state index contributed by atoms with van der Waals surface area (Å²) in [5.74, 6) is -0.133. The Kier molecular flexibility index (Phi) is 3.28. The maximum atomic E-state index is 11.0. The molecular formula is C10H18N4O2. The average Bonchev–Trinajstić information content (AvgIpc) is 2.65. The van der Waals surface area contributed by atoms with Crippen LogP contribution in [-0.4, -0.2) is 49.1 Å². The second-order valence-corrected chi connectivity index (χ2v) is 4.40. The molecule has 0 radical (unpaired) electrons. The number of carbonyl (C=O) groups is 1. The number of amidine groups is 1. The van der Waals surface area contributed by atoms with Crippen molar-refractivity contribution in [2.75, 3.05) is 26.2 Å². The van der Waals surface area contributed by atoms with Gasteiger partial charge in [-0.3, -0.25) is 9.69 Å². The fourth-order valence-electron chi connectivity index (χ4n) is 2.22. The van der Waals surface area contributed by atoms with Gasteiger partial charge in [0.1, 0.15) is 6.10 Å². The van der Waals surface area contributed by atoms with Crippen molar-refractivity contribution in [3.8, 4) is 0 Å². The SMILES string of the molecule is NC(=O)C1CCN(CC2CN=C(N)O2)CC1. The number of likely N-dealkylation sites (tertiary alicyclic amines) is 1. The standard InChI is InChI=1S/C10H18N4O2/c11-9(15)7-1-3-14(4-2-7)6-8-5-13-10(12)16-8/h7-8H,1-6H2,(H2,11,15)(H2,12,13). The summed E-state index contributed by atoms with van der Waals surface area (Å²) in [6.45, 7) is 3.26. The zero-order valence-electron chi connectivity index (χ0n) is 9.26. The summed E-state index contributed by atoms with van der Waals surface area (Å²) in [7, 11) is 0. The topological polar surface area (TPSA) is 93.9 Å². The molecule has 0 aromatic carbocycles. The fourth-order valence-corrected chi connectivity index (χ4v) is 2.22. The van der Waals surface area contributed by atoms with Crippen LogP contribution in [-0.2, 0) is 9.53 Å². The van der Waals surface area contributed by atoms with Gasteiger partial charge in [-0.15, -0.1) is 0 Å². The molecule has 0 saturated carbocycles. The van der Waals surface area contributed by atoms with Crippen molar-refractivity contribution in [1.82, 2.24) is 4.90 Å². The molecule has 6 nitrogen and oxygen atoms in total. The molecular weight excluding hydrogens is 208 g/mol. The Morgan fingerprint density at radius 2 is 2.19 bits per heavy atom. The van der Waals surface area contributed by atoms with Gasteiger partial charge in [0.15, 0.2) is 0 Å². The summed E-state index contributed by atoms with van der Waals surface area (Å²) in [5, 5.41) is 0. The van der Waals surface area contributed by atoms with Crippen LogP contribution in [0.4, 0.5) is 0 Å². The molecule has 0 spiro atoms. The number of primary amides is 1. The highest BCUT2D eigenvalue weighted by Gasteiger charge is 2.26. The minimum absolute atomic E-state index is 0.0436. The summed E-state index contributed by atoms with van der Waals surface area (Å²) in [4.78, 5) is 17.3. The Hall–Kier alpha value is -1.30. The Morgan fingerprint density at radius 1 is 1.50 bits per heavy atom. The van der Waals surface area contributed by atoms with Crippen LogP contribution in [0.15, 0.2) is 4.99 Å². The van der Waals surface area contributed by atoms with E-state index >= 15 is 0 Å². The molecule has 90 valence electrons. The molecule has 0 bridgehead atoms. The molecule has 16 heavy (non-hydrogen) atoms. The summed E-state index contributed by atoms with van der Waals surface area (Å²) in [6, 6.07) is 0.289. The number of carbonyl (C=O) groups excluding carboxylic acids is 1. The van der Waals surface area contributed by atoms with Crippen LogP contribution in [0.5, 0.6) is 0 Å². The lowest BCUT2D eigenvalue weighted by Gasteiger charge is -2.31. The van der Waals surface area contributed by atoms with Gasteiger partial charge in [0.05, 0.1) is 6.54 Å². The number of ether oxygens (including phenoxy) is 1. The number of rotatable bonds is 3. The number of nitrogens with zero attached hydrogens (tertiary/aromatic N) is 2. The monoisotopic (exact) mass is 226 g/mol. The number of amides is 1. The van der Waals surface area contributed by atoms with E-state index in [4.69, 9.17) is 16.2 Å². The molecule has 1 atom stereocenters. The van der Waals surface area contributed by atoms with Gasteiger partial charge >= 0.3 is 0 Å². The molecule has 2 aliphatic rings. The van der Waals surface area contributed by atoms with Crippen molar-refractivity contribution in [2.24, 2.45) is 22.4 Å². The molecule has 0 aliphatic carbocycles. The van der Waals surface area contributed by atoms with Crippen molar-refractivity contribution < 1.29 is 9.53 Å². The van der Waals surface area contributed by atoms with Crippen LogP contribution in [0.3, 0.4) is 0 Å². The van der Waals surface area contributed by atoms with E-state index in [9.17, 15) is 4.79 Å². The van der Waals surface area contributed by atoms with E-state index in [1.807, 2.05) is 0 Å². The second-order valence-electron chi connectivity index (χ2n) is 4.40. The van der Waals surface area contributed by atoms with E-state index in [2.05, 4.69) is 9.89 Å². The number of hydrogen-bond donors (Lipinski definition) is 2. The van der Waals surface area contributed by atoms with Gasteiger partial charge in [0.2, 0.25) is 5.91 Å². The first-order valence-electron chi connectivity index (χ1n) is 5.63. The lowest BCUT2D eigenvalue weighted by molar-refractivity contribution is -0.123. The molecule has 2 heterocycles. The van der Waals surface area contributed by atoms with Gasteiger partial charge in [-0.2, -0.15) is 0 Å². The molecule has 1 saturated heterocycles. The Bertz CT molecular complexity index is 297. The molecule has 2 rings (SSSR count). The smallest absolute Gasteiger partial charge is 0.282 e. The maximum Gasteiger partial charge on any atom is 0.282 e. The second kappa shape index (κ2) is 4.69. The van der Waals surface area contributed by atoms with E-state index in [0.29, 0.717) is 6.54 Å². The average molecular weight is 226 g/mol. The molecule has 2 aliphatic heterocycles. The summed E-state index contributed by atoms with van der Waals surface area (Å²) < 4.78 is 5.33. The van der Waals surface area contributed by atoms with Crippen LogP contribution in [0.1, 0.15) is 12.8 Å². The van der Waals surface area contributed by atoms with Gasteiger partial charge in [0, 0.05) is 12.5 Å². The van der Waals surface area contributed by atoms with E-state index in [1.165, 1.54) is 0 Å². The summed E-state index contributed by atoms with van der Waals surface area (Å²) >= 11 is 0. The Morgan fingerprint density at radius 3 is 2.69 bits per heavy atom. The third-order valence-corrected chi connectivity index (χ3v) is 3.19. The van der Waals surface area contributed by atoms with Crippen LogP contribution in [0.2, 0.25) is 0 Å². The van der Waals surface area contributed by atoms with Crippen LogP contribution < -0.4 is 11.5 Å². The number of aliphatic imine (C=N–C) groups is 1. The highest BCUT2D eigenvalue weighted by atomic mass is 16.5. The Balaban J connectivity index is 1.72. The van der Waals surface area contributed by atoms with Gasteiger partial charge in [-0.05, 0) is 25.9 Å². The van der Waals surface area contributed by atoms with E-state index in [-0.39, 0.29) is 24.0 Å². The molecule has 4 N–H and O–H groups in total. The Labute approximate surface area is 94.6 Å². The zero-order chi connectivity index (χ0) is 11.5. The predicted octanol–water partition coefficient (Wildman–Crippen LogP) is -1.10. The number of piperidine rings is 1. The van der Waals surface area contributed by atoms with E-state index in [1.54, 1.807) is 0 Å². The highest BCUT2D eigenvalue weighted by molar-refractivity contribution is 5.76. The first-order chi connectivity index (χ1) is 7.65. The summed E-state index contributed by atoms with van der Waals surface area (Å²) in [5.41, 5.74) is 10.7. The number of hydrogen-bond acceptors (Lipinski definition) is 5. The largest absolute Gasteiger partial charge is 0.459 e. The van der Waals surface area contributed by atoms with Crippen LogP contribution in [0.25, 0.3) is 0 Å². The van der Waals surface area contributed by atoms with Crippen molar-refractivity contribution in [2.45, 2.75) is 18.9 Å². The molecule has 1 unspecified atom stereocenters. The fraction of sp³-hybridized carbons (Fsp3) is 0.800. The third kappa shape index (κ3) is 2.63. The molecule has 1 fully saturated rings. The minimum Gasteiger partial charge on any atom is -0.459 e. The normalized spacial score (nSPS) is 27.5. The third-order valence-electron chi connectivity index (χ3n) is 3.19. The summed E-state index contributed by atoms with van der Waals surface area (Å²) in [6.07, 6.45) is 1.77. The molecule has 1 amide bonds. The van der Waals surface area contributed by atoms with Gasteiger partial charge < -0.3 is 16.2 Å². The highest BCUT2D eigenvalue weighted by Crippen LogP contribution is 2.17. The predicted molar refractivity (Wildman–Crippen MR) is 59.7 cm³/mol. The van der Waals surface area contributed by atoms with Crippen molar-refractivity contribution in [3.63, 3.8) is 0 Å².